The summed E-state index contributed by atoms with van der Waals surface area (Å²) in [5.74, 6) is 0.427. The molecule has 0 saturated carbocycles. The smallest absolute Gasteiger partial charge is 0.277 e. The highest BCUT2D eigenvalue weighted by molar-refractivity contribution is 9.10. The first-order valence-electron chi connectivity index (χ1n) is 5.23. The van der Waals surface area contributed by atoms with Crippen molar-refractivity contribution in [2.24, 2.45) is 0 Å². The maximum absolute atomic E-state index is 12.0. The predicted octanol–water partition coefficient (Wildman–Crippen LogP) is 2.58. The first-order valence-corrected chi connectivity index (χ1v) is 6.40. The van der Waals surface area contributed by atoms with E-state index in [1.807, 2.05) is 0 Å². The lowest BCUT2D eigenvalue weighted by Gasteiger charge is -2.07. The minimum atomic E-state index is -0.446. The highest BCUT2D eigenvalue weighted by Crippen LogP contribution is 2.17. The Balaban J connectivity index is 2.22. The van der Waals surface area contributed by atoms with E-state index in [9.17, 15) is 4.79 Å². The normalized spacial score (nSPS) is 10.1. The minimum Gasteiger partial charge on any atom is -0.373 e. The molecule has 6 nitrogen and oxygen atoms in total. The summed E-state index contributed by atoms with van der Waals surface area (Å²) in [6.07, 6.45) is 2.91. The molecule has 2 aromatic rings. The van der Waals surface area contributed by atoms with Crippen molar-refractivity contribution in [2.75, 3.05) is 17.7 Å². The molecule has 0 atom stereocenters. The maximum Gasteiger partial charge on any atom is 0.277 e. The van der Waals surface area contributed by atoms with Gasteiger partial charge in [0.05, 0.1) is 17.4 Å². The van der Waals surface area contributed by atoms with E-state index in [1.54, 1.807) is 19.2 Å². The fourth-order valence-electron chi connectivity index (χ4n) is 1.29. The number of anilines is 2. The van der Waals surface area contributed by atoms with Gasteiger partial charge in [-0.15, -0.1) is 0 Å². The Morgan fingerprint density at radius 3 is 2.68 bits per heavy atom. The zero-order valence-corrected chi connectivity index (χ0v) is 12.2. The third-order valence-corrected chi connectivity index (χ3v) is 2.89. The molecule has 0 aliphatic rings. The standard InChI is InChI=1S/C11H9BrClN5O/c1-14-8-3-2-6(13)10(17-8)11(19)18-9-5-15-7(12)4-16-9/h2-5H,1H3,(H,14,17)(H,16,18,19). The van der Waals surface area contributed by atoms with E-state index in [2.05, 4.69) is 41.5 Å². The van der Waals surface area contributed by atoms with Gasteiger partial charge in [-0.25, -0.2) is 15.0 Å². The number of hydrogen-bond acceptors (Lipinski definition) is 5. The van der Waals surface area contributed by atoms with Gasteiger partial charge >= 0.3 is 0 Å². The fraction of sp³-hybridized carbons (Fsp3) is 0.0909. The number of hydrogen-bond donors (Lipinski definition) is 2. The molecule has 0 saturated heterocycles. The Bertz CT molecular complexity index is 605. The minimum absolute atomic E-state index is 0.123. The average molecular weight is 343 g/mol. The summed E-state index contributed by atoms with van der Waals surface area (Å²) in [5.41, 5.74) is 0.123. The van der Waals surface area contributed by atoms with E-state index >= 15 is 0 Å². The summed E-state index contributed by atoms with van der Waals surface area (Å²) in [7, 11) is 1.71. The Morgan fingerprint density at radius 1 is 1.26 bits per heavy atom. The average Bonchev–Trinajstić information content (AvgIpc) is 2.42. The van der Waals surface area contributed by atoms with E-state index in [0.717, 1.165) is 0 Å². The van der Waals surface area contributed by atoms with Gasteiger partial charge in [0, 0.05) is 7.05 Å². The summed E-state index contributed by atoms with van der Waals surface area (Å²) in [5, 5.41) is 5.67. The van der Waals surface area contributed by atoms with Crippen LogP contribution in [0.1, 0.15) is 10.5 Å². The molecule has 0 spiro atoms. The monoisotopic (exact) mass is 341 g/mol. The Morgan fingerprint density at radius 2 is 2.05 bits per heavy atom. The van der Waals surface area contributed by atoms with E-state index in [0.29, 0.717) is 16.2 Å². The molecule has 0 aromatic carbocycles. The van der Waals surface area contributed by atoms with Crippen molar-refractivity contribution in [1.29, 1.82) is 0 Å². The summed E-state index contributed by atoms with van der Waals surface area (Å²) in [4.78, 5) is 24.1. The van der Waals surface area contributed by atoms with Gasteiger partial charge in [-0.1, -0.05) is 11.6 Å². The molecule has 0 fully saturated rings. The maximum atomic E-state index is 12.0. The highest BCUT2D eigenvalue weighted by Gasteiger charge is 2.14. The Labute approximate surface area is 122 Å². The van der Waals surface area contributed by atoms with Crippen molar-refractivity contribution in [2.45, 2.75) is 0 Å². The Hall–Kier alpha value is -1.73. The van der Waals surface area contributed by atoms with Crippen LogP contribution in [-0.4, -0.2) is 27.9 Å². The van der Waals surface area contributed by atoms with Crippen LogP contribution in [0.15, 0.2) is 29.1 Å². The fourth-order valence-corrected chi connectivity index (χ4v) is 1.69. The number of carbonyl (C=O) groups excluding carboxylic acids is 1. The van der Waals surface area contributed by atoms with Crippen molar-refractivity contribution >= 4 is 45.1 Å². The molecule has 2 N–H and O–H groups in total. The van der Waals surface area contributed by atoms with Crippen molar-refractivity contribution in [3.05, 3.63) is 39.8 Å². The van der Waals surface area contributed by atoms with Gasteiger partial charge in [0.2, 0.25) is 0 Å². The third-order valence-electron chi connectivity index (χ3n) is 2.18. The van der Waals surface area contributed by atoms with Crippen LogP contribution in [0.2, 0.25) is 5.02 Å². The van der Waals surface area contributed by atoms with Crippen molar-refractivity contribution < 1.29 is 4.79 Å². The predicted molar refractivity (Wildman–Crippen MR) is 76.5 cm³/mol. The summed E-state index contributed by atoms with van der Waals surface area (Å²) < 4.78 is 0.582. The third kappa shape index (κ3) is 3.39. The van der Waals surface area contributed by atoms with Crippen LogP contribution >= 0.6 is 27.5 Å². The second kappa shape index (κ2) is 5.94. The number of halogens is 2. The van der Waals surface area contributed by atoms with Crippen LogP contribution in [-0.2, 0) is 0 Å². The topological polar surface area (TPSA) is 79.8 Å². The number of amides is 1. The molecular formula is C11H9BrClN5O. The molecule has 2 heterocycles. The molecule has 2 rings (SSSR count). The van der Waals surface area contributed by atoms with Crippen LogP contribution in [0.5, 0.6) is 0 Å². The lowest BCUT2D eigenvalue weighted by atomic mass is 10.3. The molecule has 0 radical (unpaired) electrons. The second-order valence-corrected chi connectivity index (χ2v) is 4.68. The number of aromatic nitrogens is 3. The second-order valence-electron chi connectivity index (χ2n) is 3.46. The molecule has 8 heteroatoms. The van der Waals surface area contributed by atoms with Crippen molar-refractivity contribution in [3.63, 3.8) is 0 Å². The van der Waals surface area contributed by atoms with Gasteiger partial charge in [0.15, 0.2) is 5.82 Å². The van der Waals surface area contributed by atoms with Crippen molar-refractivity contribution in [3.8, 4) is 0 Å². The number of pyridine rings is 1. The zero-order chi connectivity index (χ0) is 13.8. The Kier molecular flexibility index (Phi) is 4.28. The van der Waals surface area contributed by atoms with Crippen LogP contribution in [0.25, 0.3) is 0 Å². The van der Waals surface area contributed by atoms with Gasteiger partial charge in [0.1, 0.15) is 16.1 Å². The number of rotatable bonds is 3. The van der Waals surface area contributed by atoms with Gasteiger partial charge in [0.25, 0.3) is 5.91 Å². The first kappa shape index (κ1) is 13.7. The molecule has 98 valence electrons. The van der Waals surface area contributed by atoms with Gasteiger partial charge < -0.3 is 10.6 Å². The lowest BCUT2D eigenvalue weighted by molar-refractivity contribution is 0.102. The van der Waals surface area contributed by atoms with Crippen LogP contribution in [0.4, 0.5) is 11.6 Å². The van der Waals surface area contributed by atoms with E-state index in [4.69, 9.17) is 11.6 Å². The van der Waals surface area contributed by atoms with Crippen LogP contribution in [0.3, 0.4) is 0 Å². The van der Waals surface area contributed by atoms with Crippen LogP contribution in [0, 0.1) is 0 Å². The first-order chi connectivity index (χ1) is 9.10. The van der Waals surface area contributed by atoms with E-state index in [-0.39, 0.29) is 10.7 Å². The van der Waals surface area contributed by atoms with Gasteiger partial charge in [-0.2, -0.15) is 0 Å². The van der Waals surface area contributed by atoms with E-state index < -0.39 is 5.91 Å². The van der Waals surface area contributed by atoms with E-state index in [1.165, 1.54) is 12.4 Å². The quantitative estimate of drug-likeness (QED) is 0.896. The van der Waals surface area contributed by atoms with Gasteiger partial charge in [-0.05, 0) is 28.1 Å². The number of carbonyl (C=O) groups is 1. The molecule has 0 bridgehead atoms. The molecular weight excluding hydrogens is 334 g/mol. The summed E-state index contributed by atoms with van der Waals surface area (Å²) >= 11 is 9.10. The largest absolute Gasteiger partial charge is 0.373 e. The van der Waals surface area contributed by atoms with Gasteiger partial charge in [-0.3, -0.25) is 4.79 Å². The lowest BCUT2D eigenvalue weighted by Crippen LogP contribution is -2.16. The summed E-state index contributed by atoms with van der Waals surface area (Å²) in [6, 6.07) is 3.28. The molecule has 19 heavy (non-hydrogen) atoms. The molecule has 0 aliphatic heterocycles. The van der Waals surface area contributed by atoms with Crippen molar-refractivity contribution in [1.82, 2.24) is 15.0 Å². The molecule has 2 aromatic heterocycles. The number of nitrogens with one attached hydrogen (secondary N) is 2. The molecule has 1 amide bonds. The highest BCUT2D eigenvalue weighted by atomic mass is 79.9. The summed E-state index contributed by atoms with van der Waals surface area (Å²) in [6.45, 7) is 0. The number of nitrogens with zero attached hydrogens (tertiary/aromatic N) is 3. The molecule has 0 aliphatic carbocycles. The molecule has 0 unspecified atom stereocenters. The van der Waals surface area contributed by atoms with Crippen LogP contribution < -0.4 is 10.6 Å². The SMILES string of the molecule is CNc1ccc(Cl)c(C(=O)Nc2cnc(Br)cn2)n1. The zero-order valence-electron chi connectivity index (χ0n) is 9.82.